The Morgan fingerprint density at radius 2 is 2.36 bits per heavy atom. The summed E-state index contributed by atoms with van der Waals surface area (Å²) >= 11 is 0. The molecular weight excluding hydrogens is 180 g/mol. The highest BCUT2D eigenvalue weighted by Gasteiger charge is 2.35. The molecule has 0 spiro atoms. The molecule has 3 heterocycles. The predicted octanol–water partition coefficient (Wildman–Crippen LogP) is 0.461. The first kappa shape index (κ1) is 8.23. The van der Waals surface area contributed by atoms with Crippen LogP contribution < -0.4 is 5.73 Å². The molecule has 3 atom stereocenters. The lowest BCUT2D eigenvalue weighted by atomic mass is 9.91. The number of nitrogens with two attached hydrogens (primary N) is 1. The summed E-state index contributed by atoms with van der Waals surface area (Å²) < 4.78 is 5.12. The van der Waals surface area contributed by atoms with Crippen molar-refractivity contribution in [2.45, 2.75) is 18.8 Å². The third-order valence-electron chi connectivity index (χ3n) is 3.27. The van der Waals surface area contributed by atoms with Crippen LogP contribution in [0.2, 0.25) is 0 Å². The van der Waals surface area contributed by atoms with E-state index in [0.29, 0.717) is 5.92 Å². The molecule has 2 fully saturated rings. The van der Waals surface area contributed by atoms with E-state index in [9.17, 15) is 0 Å². The van der Waals surface area contributed by atoms with Crippen molar-refractivity contribution in [3.8, 4) is 0 Å². The maximum atomic E-state index is 5.44. The van der Waals surface area contributed by atoms with E-state index in [-0.39, 0.29) is 5.95 Å². The Labute approximate surface area is 82.3 Å². The Morgan fingerprint density at radius 3 is 3.07 bits per heavy atom. The summed E-state index contributed by atoms with van der Waals surface area (Å²) in [6.45, 7) is 3.53. The second-order valence-corrected chi connectivity index (χ2v) is 4.34. The van der Waals surface area contributed by atoms with Crippen LogP contribution in [-0.4, -0.2) is 34.7 Å². The molecule has 0 saturated carbocycles. The van der Waals surface area contributed by atoms with Crippen molar-refractivity contribution in [2.75, 3.05) is 25.4 Å². The number of rotatable bonds is 1. The highest BCUT2D eigenvalue weighted by atomic mass is 16.5. The van der Waals surface area contributed by atoms with Gasteiger partial charge in [0.15, 0.2) is 0 Å². The molecule has 2 N–H and O–H groups in total. The molecule has 5 heteroatoms. The van der Waals surface area contributed by atoms with E-state index >= 15 is 0 Å². The summed E-state index contributed by atoms with van der Waals surface area (Å²) in [7, 11) is 0. The van der Waals surface area contributed by atoms with Gasteiger partial charge >= 0.3 is 0 Å². The summed E-state index contributed by atoms with van der Waals surface area (Å²) in [5.41, 5.74) is 5.44. The molecule has 3 rings (SSSR count). The standard InChI is InChI=1S/C9H14N4O/c10-9-11-8(14-12-9)7-3-6-1-2-13(4-6)5-7/h6-7H,1-5H2,(H2,10,12). The number of aromatic nitrogens is 2. The number of nitrogen functional groups attached to an aromatic ring is 1. The molecule has 0 amide bonds. The summed E-state index contributed by atoms with van der Waals surface area (Å²) in [5, 5.41) is 3.64. The first-order chi connectivity index (χ1) is 6.81. The van der Waals surface area contributed by atoms with E-state index in [2.05, 4.69) is 15.0 Å². The number of piperidine rings is 1. The van der Waals surface area contributed by atoms with Gasteiger partial charge in [-0.3, -0.25) is 0 Å². The van der Waals surface area contributed by atoms with Gasteiger partial charge in [-0.2, -0.15) is 4.98 Å². The zero-order valence-electron chi connectivity index (χ0n) is 8.02. The first-order valence-electron chi connectivity index (χ1n) is 5.12. The quantitative estimate of drug-likeness (QED) is 0.703. The minimum Gasteiger partial charge on any atom is -0.365 e. The number of hydrogen-bond donors (Lipinski definition) is 1. The van der Waals surface area contributed by atoms with Crippen LogP contribution >= 0.6 is 0 Å². The van der Waals surface area contributed by atoms with Crippen molar-refractivity contribution in [1.29, 1.82) is 0 Å². The Kier molecular flexibility index (Phi) is 1.73. The molecule has 3 unspecified atom stereocenters. The van der Waals surface area contributed by atoms with Gasteiger partial charge < -0.3 is 15.2 Å². The second-order valence-electron chi connectivity index (χ2n) is 4.34. The largest absolute Gasteiger partial charge is 0.365 e. The van der Waals surface area contributed by atoms with E-state index in [1.54, 1.807) is 0 Å². The highest BCUT2D eigenvalue weighted by molar-refractivity contribution is 5.13. The van der Waals surface area contributed by atoms with Gasteiger partial charge in [0.2, 0.25) is 5.89 Å². The molecule has 1 aromatic heterocycles. The van der Waals surface area contributed by atoms with Gasteiger partial charge in [-0.25, -0.2) is 0 Å². The minimum absolute atomic E-state index is 0.257. The van der Waals surface area contributed by atoms with Crippen molar-refractivity contribution in [3.05, 3.63) is 5.89 Å². The molecule has 76 valence electrons. The molecule has 0 radical (unpaired) electrons. The first-order valence-corrected chi connectivity index (χ1v) is 5.12. The number of nitrogens with zero attached hydrogens (tertiary/aromatic N) is 3. The lowest BCUT2D eigenvalue weighted by Gasteiger charge is -2.27. The van der Waals surface area contributed by atoms with Gasteiger partial charge in [-0.15, -0.1) is 0 Å². The molecule has 2 saturated heterocycles. The summed E-state index contributed by atoms with van der Waals surface area (Å²) in [6, 6.07) is 0. The molecule has 0 aromatic carbocycles. The van der Waals surface area contributed by atoms with Gasteiger partial charge in [-0.1, -0.05) is 0 Å². The third-order valence-corrected chi connectivity index (χ3v) is 3.27. The smallest absolute Gasteiger partial charge is 0.260 e. The van der Waals surface area contributed by atoms with Crippen LogP contribution in [0.4, 0.5) is 5.95 Å². The second kappa shape index (κ2) is 2.95. The van der Waals surface area contributed by atoms with Crippen LogP contribution in [-0.2, 0) is 0 Å². The van der Waals surface area contributed by atoms with Crippen LogP contribution in [0.3, 0.4) is 0 Å². The van der Waals surface area contributed by atoms with Crippen LogP contribution in [0.5, 0.6) is 0 Å². The molecule has 14 heavy (non-hydrogen) atoms. The number of fused-ring (bicyclic) bond motifs is 2. The minimum atomic E-state index is 0.257. The highest BCUT2D eigenvalue weighted by Crippen LogP contribution is 2.35. The summed E-state index contributed by atoms with van der Waals surface area (Å²) in [5.74, 6) is 2.20. The lowest BCUT2D eigenvalue weighted by Crippen LogP contribution is -2.32. The molecular formula is C9H14N4O. The number of anilines is 1. The van der Waals surface area contributed by atoms with Crippen molar-refractivity contribution in [2.24, 2.45) is 5.92 Å². The van der Waals surface area contributed by atoms with E-state index < -0.39 is 0 Å². The molecule has 2 bridgehead atoms. The lowest BCUT2D eigenvalue weighted by molar-refractivity contribution is 0.213. The SMILES string of the molecule is Nc1noc(C2CC3CCN(C3)C2)n1. The summed E-state index contributed by atoms with van der Waals surface area (Å²) in [6.07, 6.45) is 2.50. The van der Waals surface area contributed by atoms with Crippen LogP contribution in [0, 0.1) is 5.92 Å². The molecule has 2 aliphatic rings. The normalized spacial score (nSPS) is 36.1. The summed E-state index contributed by atoms with van der Waals surface area (Å²) in [4.78, 5) is 6.58. The van der Waals surface area contributed by atoms with Gasteiger partial charge in [0, 0.05) is 13.1 Å². The molecule has 1 aromatic rings. The van der Waals surface area contributed by atoms with Gasteiger partial charge in [0.1, 0.15) is 0 Å². The van der Waals surface area contributed by atoms with Crippen LogP contribution in [0.1, 0.15) is 24.7 Å². The number of hydrogen-bond acceptors (Lipinski definition) is 5. The van der Waals surface area contributed by atoms with E-state index in [0.717, 1.165) is 18.4 Å². The molecule has 0 aliphatic carbocycles. The third kappa shape index (κ3) is 1.28. The zero-order chi connectivity index (χ0) is 9.54. The topological polar surface area (TPSA) is 68.2 Å². The van der Waals surface area contributed by atoms with Crippen molar-refractivity contribution >= 4 is 5.95 Å². The van der Waals surface area contributed by atoms with Crippen molar-refractivity contribution < 1.29 is 4.52 Å². The average Bonchev–Trinajstić information content (AvgIpc) is 2.73. The maximum absolute atomic E-state index is 5.44. The van der Waals surface area contributed by atoms with Crippen molar-refractivity contribution in [3.63, 3.8) is 0 Å². The monoisotopic (exact) mass is 194 g/mol. The van der Waals surface area contributed by atoms with Gasteiger partial charge in [0.25, 0.3) is 5.95 Å². The Morgan fingerprint density at radius 1 is 1.43 bits per heavy atom. The van der Waals surface area contributed by atoms with E-state index in [1.165, 1.54) is 25.9 Å². The fourth-order valence-corrected chi connectivity index (χ4v) is 2.65. The average molecular weight is 194 g/mol. The Bertz CT molecular complexity index is 325. The fourth-order valence-electron chi connectivity index (χ4n) is 2.65. The maximum Gasteiger partial charge on any atom is 0.260 e. The predicted molar refractivity (Wildman–Crippen MR) is 50.6 cm³/mol. The fraction of sp³-hybridized carbons (Fsp3) is 0.778. The van der Waals surface area contributed by atoms with Crippen LogP contribution in [0.25, 0.3) is 0 Å². The van der Waals surface area contributed by atoms with Gasteiger partial charge in [-0.05, 0) is 30.5 Å². The van der Waals surface area contributed by atoms with Gasteiger partial charge in [0.05, 0.1) is 5.92 Å². The van der Waals surface area contributed by atoms with Crippen molar-refractivity contribution in [1.82, 2.24) is 15.0 Å². The molecule has 2 aliphatic heterocycles. The Balaban J connectivity index is 1.80. The Hall–Kier alpha value is -1.10. The van der Waals surface area contributed by atoms with Crippen LogP contribution in [0.15, 0.2) is 4.52 Å². The molecule has 5 nitrogen and oxygen atoms in total. The zero-order valence-corrected chi connectivity index (χ0v) is 8.02. The van der Waals surface area contributed by atoms with E-state index in [1.807, 2.05) is 0 Å². The van der Waals surface area contributed by atoms with E-state index in [4.69, 9.17) is 10.3 Å².